The van der Waals surface area contributed by atoms with E-state index in [9.17, 15) is 9.90 Å². The van der Waals surface area contributed by atoms with Crippen molar-refractivity contribution >= 4 is 5.91 Å². The van der Waals surface area contributed by atoms with Gasteiger partial charge in [0, 0.05) is 25.4 Å². The molecule has 0 saturated heterocycles. The number of benzene rings is 1. The van der Waals surface area contributed by atoms with Crippen molar-refractivity contribution in [3.63, 3.8) is 0 Å². The molecule has 23 heavy (non-hydrogen) atoms. The fourth-order valence-corrected chi connectivity index (χ4v) is 3.20. The topological polar surface area (TPSA) is 67.2 Å². The van der Waals surface area contributed by atoms with E-state index in [2.05, 4.69) is 16.5 Å². The molecule has 0 spiro atoms. The molecule has 2 N–H and O–H groups in total. The quantitative estimate of drug-likeness (QED) is 0.890. The van der Waals surface area contributed by atoms with Gasteiger partial charge in [0.1, 0.15) is 0 Å². The molecule has 1 heterocycles. The van der Waals surface area contributed by atoms with Crippen LogP contribution in [0, 0.1) is 0 Å². The van der Waals surface area contributed by atoms with Crippen LogP contribution >= 0.6 is 0 Å². The van der Waals surface area contributed by atoms with Crippen LogP contribution in [0.4, 0.5) is 0 Å². The van der Waals surface area contributed by atoms with Gasteiger partial charge in [-0.3, -0.25) is 9.48 Å². The first-order valence-electron chi connectivity index (χ1n) is 8.11. The number of hydrogen-bond acceptors (Lipinski definition) is 3. The molecule has 1 amide bonds. The van der Waals surface area contributed by atoms with E-state index in [-0.39, 0.29) is 12.3 Å². The van der Waals surface area contributed by atoms with Crippen LogP contribution in [-0.4, -0.2) is 26.4 Å². The second kappa shape index (κ2) is 6.54. The van der Waals surface area contributed by atoms with Gasteiger partial charge in [-0.25, -0.2) is 0 Å². The van der Waals surface area contributed by atoms with Crippen molar-refractivity contribution < 1.29 is 9.90 Å². The van der Waals surface area contributed by atoms with Crippen LogP contribution in [0.15, 0.2) is 36.7 Å². The Labute approximate surface area is 136 Å². The summed E-state index contributed by atoms with van der Waals surface area (Å²) in [5.41, 5.74) is 2.39. The molecule has 1 aromatic carbocycles. The maximum atomic E-state index is 12.1. The third-order valence-corrected chi connectivity index (χ3v) is 4.48. The third-order valence-electron chi connectivity index (χ3n) is 4.48. The molecule has 1 aromatic heterocycles. The van der Waals surface area contributed by atoms with Gasteiger partial charge in [-0.1, -0.05) is 31.0 Å². The molecule has 5 nitrogen and oxygen atoms in total. The number of aromatic nitrogens is 2. The zero-order valence-electron chi connectivity index (χ0n) is 13.5. The van der Waals surface area contributed by atoms with E-state index in [4.69, 9.17) is 0 Å². The zero-order valence-corrected chi connectivity index (χ0v) is 13.5. The molecule has 5 heteroatoms. The minimum atomic E-state index is -0.790. The molecule has 1 saturated carbocycles. The molecule has 122 valence electrons. The molecular weight excluding hydrogens is 290 g/mol. The number of aliphatic hydroxyl groups is 1. The first-order chi connectivity index (χ1) is 11.0. The van der Waals surface area contributed by atoms with Crippen LogP contribution in [0.1, 0.15) is 37.7 Å². The number of rotatable bonds is 5. The molecular formula is C18H23N3O2. The van der Waals surface area contributed by atoms with E-state index in [0.29, 0.717) is 6.54 Å². The first-order valence-corrected chi connectivity index (χ1v) is 8.11. The highest BCUT2D eigenvalue weighted by molar-refractivity contribution is 5.77. The molecule has 1 aliphatic rings. The van der Waals surface area contributed by atoms with Crippen molar-refractivity contribution in [2.24, 2.45) is 7.05 Å². The van der Waals surface area contributed by atoms with Gasteiger partial charge in [0.25, 0.3) is 0 Å². The van der Waals surface area contributed by atoms with Crippen molar-refractivity contribution in [2.75, 3.05) is 0 Å². The highest BCUT2D eigenvalue weighted by atomic mass is 16.3. The van der Waals surface area contributed by atoms with E-state index >= 15 is 0 Å². The van der Waals surface area contributed by atoms with Crippen LogP contribution in [-0.2, 0) is 18.4 Å². The van der Waals surface area contributed by atoms with Crippen molar-refractivity contribution in [3.05, 3.63) is 42.2 Å². The summed E-state index contributed by atoms with van der Waals surface area (Å²) >= 11 is 0. The fourth-order valence-electron chi connectivity index (χ4n) is 3.20. The van der Waals surface area contributed by atoms with E-state index in [0.717, 1.165) is 42.4 Å². The lowest BCUT2D eigenvalue weighted by Gasteiger charge is -2.21. The van der Waals surface area contributed by atoms with Crippen LogP contribution in [0.2, 0.25) is 0 Å². The minimum Gasteiger partial charge on any atom is -0.389 e. The molecule has 1 aliphatic carbocycles. The average molecular weight is 313 g/mol. The molecule has 0 aliphatic heterocycles. The van der Waals surface area contributed by atoms with E-state index in [1.807, 2.05) is 37.6 Å². The van der Waals surface area contributed by atoms with Crippen LogP contribution < -0.4 is 5.32 Å². The van der Waals surface area contributed by atoms with Gasteiger partial charge in [-0.15, -0.1) is 0 Å². The Hall–Kier alpha value is -2.14. The predicted octanol–water partition coefficient (Wildman–Crippen LogP) is 2.40. The Balaban J connectivity index is 1.59. The van der Waals surface area contributed by atoms with Crippen molar-refractivity contribution in [3.8, 4) is 11.1 Å². The van der Waals surface area contributed by atoms with E-state index in [1.165, 1.54) is 0 Å². The minimum absolute atomic E-state index is 0.0822. The standard InChI is InChI=1S/C18H23N3O2/c1-21-13-16(12-20-21)15-6-4-5-14(9-15)11-19-17(22)10-18(23)7-2-3-8-18/h4-6,9,12-13,23H,2-3,7-8,10-11H2,1H3,(H,19,22). The molecule has 0 bridgehead atoms. The van der Waals surface area contributed by atoms with Crippen LogP contribution in [0.25, 0.3) is 11.1 Å². The molecule has 0 unspecified atom stereocenters. The molecule has 0 radical (unpaired) electrons. The monoisotopic (exact) mass is 313 g/mol. The van der Waals surface area contributed by atoms with E-state index < -0.39 is 5.60 Å². The maximum Gasteiger partial charge on any atom is 0.223 e. The predicted molar refractivity (Wildman–Crippen MR) is 88.5 cm³/mol. The van der Waals surface area contributed by atoms with Gasteiger partial charge >= 0.3 is 0 Å². The largest absolute Gasteiger partial charge is 0.389 e. The summed E-state index contributed by atoms with van der Waals surface area (Å²) < 4.78 is 1.77. The van der Waals surface area contributed by atoms with Crippen molar-refractivity contribution in [2.45, 2.75) is 44.2 Å². The highest BCUT2D eigenvalue weighted by Gasteiger charge is 2.33. The van der Waals surface area contributed by atoms with E-state index in [1.54, 1.807) is 4.68 Å². The maximum absolute atomic E-state index is 12.1. The lowest BCUT2D eigenvalue weighted by atomic mass is 9.97. The number of carbonyl (C=O) groups is 1. The molecule has 2 aromatic rings. The number of nitrogens with zero attached hydrogens (tertiary/aromatic N) is 2. The second-order valence-electron chi connectivity index (χ2n) is 6.49. The SMILES string of the molecule is Cn1cc(-c2cccc(CNC(=O)CC3(O)CCCC3)c2)cn1. The number of carbonyl (C=O) groups excluding carboxylic acids is 1. The number of aryl methyl sites for hydroxylation is 1. The second-order valence-corrected chi connectivity index (χ2v) is 6.49. The summed E-state index contributed by atoms with van der Waals surface area (Å²) in [7, 11) is 1.89. The van der Waals surface area contributed by atoms with Gasteiger partial charge in [0.15, 0.2) is 0 Å². The molecule has 1 fully saturated rings. The Morgan fingerprint density at radius 3 is 2.83 bits per heavy atom. The Bertz CT molecular complexity index is 687. The average Bonchev–Trinajstić information content (AvgIpc) is 3.14. The number of nitrogens with one attached hydrogen (secondary N) is 1. The van der Waals surface area contributed by atoms with Gasteiger partial charge < -0.3 is 10.4 Å². The molecule has 0 atom stereocenters. The van der Waals surface area contributed by atoms with Crippen molar-refractivity contribution in [1.29, 1.82) is 0 Å². The summed E-state index contributed by atoms with van der Waals surface area (Å²) in [5, 5.41) is 17.4. The lowest BCUT2D eigenvalue weighted by Crippen LogP contribution is -2.34. The third kappa shape index (κ3) is 3.99. The summed E-state index contributed by atoms with van der Waals surface area (Å²) in [6, 6.07) is 8.06. The summed E-state index contributed by atoms with van der Waals surface area (Å²) in [5.74, 6) is -0.0822. The Kier molecular flexibility index (Phi) is 4.48. The van der Waals surface area contributed by atoms with Gasteiger partial charge in [-0.05, 0) is 30.0 Å². The van der Waals surface area contributed by atoms with Gasteiger partial charge in [-0.2, -0.15) is 5.10 Å². The summed E-state index contributed by atoms with van der Waals surface area (Å²) in [6.45, 7) is 0.475. The van der Waals surface area contributed by atoms with Crippen LogP contribution in [0.3, 0.4) is 0 Å². The first kappa shape index (κ1) is 15.7. The Morgan fingerprint density at radius 2 is 2.13 bits per heavy atom. The smallest absolute Gasteiger partial charge is 0.223 e. The Morgan fingerprint density at radius 1 is 1.35 bits per heavy atom. The molecule has 3 rings (SSSR count). The number of hydrogen-bond donors (Lipinski definition) is 2. The fraction of sp³-hybridized carbons (Fsp3) is 0.444. The van der Waals surface area contributed by atoms with Gasteiger partial charge in [0.2, 0.25) is 5.91 Å². The normalized spacial score (nSPS) is 16.4. The lowest BCUT2D eigenvalue weighted by molar-refractivity contribution is -0.126. The summed E-state index contributed by atoms with van der Waals surface area (Å²) in [4.78, 5) is 12.1. The van der Waals surface area contributed by atoms with Gasteiger partial charge in [0.05, 0.1) is 18.2 Å². The highest BCUT2D eigenvalue weighted by Crippen LogP contribution is 2.32. The summed E-state index contributed by atoms with van der Waals surface area (Å²) in [6.07, 6.45) is 7.48. The van der Waals surface area contributed by atoms with Crippen molar-refractivity contribution in [1.82, 2.24) is 15.1 Å². The number of amides is 1. The zero-order chi connectivity index (χ0) is 16.3. The van der Waals surface area contributed by atoms with Crippen LogP contribution in [0.5, 0.6) is 0 Å².